The number of aryl methyl sites for hydroxylation is 1. The molecule has 1 atom stereocenters. The van der Waals surface area contributed by atoms with Crippen LogP contribution in [0.15, 0.2) is 54.7 Å². The number of rotatable bonds is 4. The topological polar surface area (TPSA) is 98.5 Å². The number of aromatic amines is 1. The molecule has 1 saturated heterocycles. The van der Waals surface area contributed by atoms with E-state index in [0.29, 0.717) is 28.3 Å². The summed E-state index contributed by atoms with van der Waals surface area (Å²) < 4.78 is 15.7. The van der Waals surface area contributed by atoms with Gasteiger partial charge in [-0.2, -0.15) is 0 Å². The van der Waals surface area contributed by atoms with Crippen LogP contribution in [0.25, 0.3) is 27.8 Å². The first-order valence-corrected chi connectivity index (χ1v) is 11.9. The molecule has 1 amide bonds. The van der Waals surface area contributed by atoms with Gasteiger partial charge < -0.3 is 19.4 Å². The van der Waals surface area contributed by atoms with Crippen LogP contribution in [0.3, 0.4) is 0 Å². The Kier molecular flexibility index (Phi) is 5.39. The maximum absolute atomic E-state index is 13.8. The lowest BCUT2D eigenvalue weighted by atomic mass is 10.1. The summed E-state index contributed by atoms with van der Waals surface area (Å²) in [6, 6.07) is 13.6. The molecular formula is C26H22ClFN6O2. The number of aliphatic hydroxyl groups is 1. The number of carbonyl (C=O) groups is 1. The number of imidazole rings is 2. The van der Waals surface area contributed by atoms with E-state index >= 15 is 0 Å². The summed E-state index contributed by atoms with van der Waals surface area (Å²) in [5.74, 6) is -0.530. The molecule has 4 heterocycles. The number of aromatic nitrogens is 4. The standard InChI is InChI=1S/C26H22ClFN6O2/c1-14-23(33-7-6-19(35)12-33)4-5-24-29-22(13-34(14)24)25(36)32-26-30-20-3-2-15(10-21(20)31-26)16-8-17(27)11-18(28)9-16/h2-5,8-11,13,19,35H,6-7,12H2,1H3,(H2,30,31,32,36)/t19-/m0/s1. The fourth-order valence-corrected chi connectivity index (χ4v) is 4.94. The van der Waals surface area contributed by atoms with Gasteiger partial charge in [0, 0.05) is 30.0 Å². The van der Waals surface area contributed by atoms with E-state index in [0.717, 1.165) is 35.4 Å². The molecule has 2 aromatic carbocycles. The number of anilines is 2. The van der Waals surface area contributed by atoms with E-state index in [1.807, 2.05) is 35.6 Å². The first-order valence-electron chi connectivity index (χ1n) is 11.5. The second kappa shape index (κ2) is 8.61. The normalized spacial score (nSPS) is 15.8. The average Bonchev–Trinajstić information content (AvgIpc) is 3.56. The molecule has 8 nitrogen and oxygen atoms in total. The highest BCUT2D eigenvalue weighted by molar-refractivity contribution is 6.30. The minimum Gasteiger partial charge on any atom is -0.391 e. The van der Waals surface area contributed by atoms with Crippen molar-refractivity contribution < 1.29 is 14.3 Å². The Balaban J connectivity index is 1.25. The Hall–Kier alpha value is -3.95. The molecule has 6 rings (SSSR count). The van der Waals surface area contributed by atoms with Gasteiger partial charge in [-0.15, -0.1) is 0 Å². The number of amides is 1. The lowest BCUT2D eigenvalue weighted by Gasteiger charge is -2.20. The van der Waals surface area contributed by atoms with E-state index in [1.54, 1.807) is 18.3 Å². The summed E-state index contributed by atoms with van der Waals surface area (Å²) in [6.07, 6.45) is 2.12. The van der Waals surface area contributed by atoms with Crippen LogP contribution in [0.2, 0.25) is 5.02 Å². The van der Waals surface area contributed by atoms with Crippen LogP contribution in [0.1, 0.15) is 22.6 Å². The van der Waals surface area contributed by atoms with E-state index in [9.17, 15) is 14.3 Å². The molecule has 1 aliphatic rings. The maximum Gasteiger partial charge on any atom is 0.278 e. The van der Waals surface area contributed by atoms with Crippen molar-refractivity contribution in [3.63, 3.8) is 0 Å². The zero-order valence-electron chi connectivity index (χ0n) is 19.3. The highest BCUT2D eigenvalue weighted by Gasteiger charge is 2.23. The van der Waals surface area contributed by atoms with Gasteiger partial charge in [0.05, 0.1) is 22.8 Å². The van der Waals surface area contributed by atoms with Crippen molar-refractivity contribution in [3.8, 4) is 11.1 Å². The number of pyridine rings is 1. The van der Waals surface area contributed by atoms with Gasteiger partial charge in [0.1, 0.15) is 17.2 Å². The highest BCUT2D eigenvalue weighted by atomic mass is 35.5. The van der Waals surface area contributed by atoms with Gasteiger partial charge in [-0.25, -0.2) is 14.4 Å². The van der Waals surface area contributed by atoms with Gasteiger partial charge >= 0.3 is 0 Å². The number of hydrogen-bond donors (Lipinski definition) is 3. The van der Waals surface area contributed by atoms with E-state index < -0.39 is 11.7 Å². The zero-order chi connectivity index (χ0) is 25.0. The Morgan fingerprint density at radius 2 is 2.03 bits per heavy atom. The quantitative estimate of drug-likeness (QED) is 0.326. The lowest BCUT2D eigenvalue weighted by Crippen LogP contribution is -2.22. The van der Waals surface area contributed by atoms with Crippen LogP contribution in [0.5, 0.6) is 0 Å². The van der Waals surface area contributed by atoms with E-state index in [4.69, 9.17) is 11.6 Å². The zero-order valence-corrected chi connectivity index (χ0v) is 20.1. The number of nitrogens with zero attached hydrogens (tertiary/aromatic N) is 4. The number of nitrogens with one attached hydrogen (secondary N) is 2. The molecule has 3 N–H and O–H groups in total. The summed E-state index contributed by atoms with van der Waals surface area (Å²) in [6.45, 7) is 3.35. The Bertz CT molecular complexity index is 1620. The minimum atomic E-state index is -0.416. The molecule has 0 radical (unpaired) electrons. The Labute approximate surface area is 210 Å². The predicted octanol–water partition coefficient (Wildman–Crippen LogP) is 4.80. The van der Waals surface area contributed by atoms with Crippen LogP contribution in [0, 0.1) is 12.7 Å². The minimum absolute atomic E-state index is 0.257. The fraction of sp³-hybridized carbons (Fsp3) is 0.192. The van der Waals surface area contributed by atoms with Crippen LogP contribution in [0.4, 0.5) is 16.0 Å². The van der Waals surface area contributed by atoms with Crippen molar-refractivity contribution in [3.05, 3.63) is 77.0 Å². The molecule has 36 heavy (non-hydrogen) atoms. The molecule has 1 fully saturated rings. The third-order valence-corrected chi connectivity index (χ3v) is 6.72. The first-order chi connectivity index (χ1) is 17.3. The first kappa shape index (κ1) is 22.5. The van der Waals surface area contributed by atoms with Crippen LogP contribution in [-0.4, -0.2) is 49.6 Å². The second-order valence-electron chi connectivity index (χ2n) is 8.98. The largest absolute Gasteiger partial charge is 0.391 e. The number of halogens is 2. The lowest BCUT2D eigenvalue weighted by molar-refractivity contribution is 0.102. The molecule has 182 valence electrons. The Morgan fingerprint density at radius 1 is 1.17 bits per heavy atom. The highest BCUT2D eigenvalue weighted by Crippen LogP contribution is 2.28. The van der Waals surface area contributed by atoms with Crippen molar-refractivity contribution in [2.75, 3.05) is 23.3 Å². The summed E-state index contributed by atoms with van der Waals surface area (Å²) >= 11 is 5.99. The summed E-state index contributed by atoms with van der Waals surface area (Å²) in [4.78, 5) is 27.1. The molecule has 1 aliphatic heterocycles. The second-order valence-corrected chi connectivity index (χ2v) is 9.41. The maximum atomic E-state index is 13.8. The third kappa shape index (κ3) is 4.06. The number of aliphatic hydroxyl groups excluding tert-OH is 1. The molecule has 0 aliphatic carbocycles. The number of benzene rings is 2. The molecular weight excluding hydrogens is 483 g/mol. The van der Waals surface area contributed by atoms with Crippen molar-refractivity contribution in [1.82, 2.24) is 19.4 Å². The molecule has 3 aromatic heterocycles. The molecule has 0 saturated carbocycles. The summed E-state index contributed by atoms with van der Waals surface area (Å²) in [7, 11) is 0. The predicted molar refractivity (Wildman–Crippen MR) is 137 cm³/mol. The van der Waals surface area contributed by atoms with Crippen LogP contribution in [-0.2, 0) is 0 Å². The summed E-state index contributed by atoms with van der Waals surface area (Å²) in [5.41, 5.74) is 5.60. The van der Waals surface area contributed by atoms with Gasteiger partial charge in [-0.3, -0.25) is 10.1 Å². The molecule has 0 unspecified atom stereocenters. The van der Waals surface area contributed by atoms with Gasteiger partial charge in [0.2, 0.25) is 5.95 Å². The van der Waals surface area contributed by atoms with Gasteiger partial charge in [-0.1, -0.05) is 17.7 Å². The molecule has 10 heteroatoms. The summed E-state index contributed by atoms with van der Waals surface area (Å²) in [5, 5.41) is 13.0. The van der Waals surface area contributed by atoms with Gasteiger partial charge in [0.25, 0.3) is 5.91 Å². The number of H-pyrrole nitrogens is 1. The number of β-amino-alcohol motifs (C(OH)–C–C–N with tert-alkyl or cyclic N) is 1. The SMILES string of the molecule is Cc1c(N2CC[C@H](O)C2)ccc2nc(C(=O)Nc3nc4cc(-c5cc(F)cc(Cl)c5)ccc4[nH]3)cn12. The Morgan fingerprint density at radius 3 is 2.81 bits per heavy atom. The smallest absolute Gasteiger partial charge is 0.278 e. The molecule has 0 spiro atoms. The monoisotopic (exact) mass is 504 g/mol. The van der Waals surface area contributed by atoms with Gasteiger partial charge in [-0.05, 0) is 66.9 Å². The van der Waals surface area contributed by atoms with E-state index in [2.05, 4.69) is 25.2 Å². The molecule has 0 bridgehead atoms. The number of carbonyl (C=O) groups excluding carboxylic acids is 1. The van der Waals surface area contributed by atoms with Gasteiger partial charge in [0.15, 0.2) is 0 Å². The average molecular weight is 505 g/mol. The van der Waals surface area contributed by atoms with Crippen molar-refractivity contribution in [2.45, 2.75) is 19.4 Å². The van der Waals surface area contributed by atoms with Crippen molar-refractivity contribution in [2.24, 2.45) is 0 Å². The third-order valence-electron chi connectivity index (χ3n) is 6.50. The van der Waals surface area contributed by atoms with E-state index in [1.165, 1.54) is 12.1 Å². The van der Waals surface area contributed by atoms with Crippen molar-refractivity contribution >= 4 is 45.8 Å². The fourth-order valence-electron chi connectivity index (χ4n) is 4.72. The van der Waals surface area contributed by atoms with Crippen molar-refractivity contribution in [1.29, 1.82) is 0 Å². The van der Waals surface area contributed by atoms with Crippen LogP contribution >= 0.6 is 11.6 Å². The van der Waals surface area contributed by atoms with Crippen LogP contribution < -0.4 is 10.2 Å². The van der Waals surface area contributed by atoms with E-state index in [-0.39, 0.29) is 17.7 Å². The molecule has 5 aromatic rings. The number of hydrogen-bond acceptors (Lipinski definition) is 5. The number of fused-ring (bicyclic) bond motifs is 2.